The summed E-state index contributed by atoms with van der Waals surface area (Å²) in [6.45, 7) is 0. The van der Waals surface area contributed by atoms with E-state index in [1.807, 2.05) is 0 Å². The van der Waals surface area contributed by atoms with Crippen LogP contribution in [0.3, 0.4) is 0 Å². The summed E-state index contributed by atoms with van der Waals surface area (Å²) in [4.78, 5) is 15.8. The van der Waals surface area contributed by atoms with E-state index < -0.39 is 7.60 Å². The Morgan fingerprint density at radius 3 is 1.83 bits per heavy atom. The second-order valence-corrected chi connectivity index (χ2v) is 2.94. The monoisotopic (exact) mass is 102 g/mol. The summed E-state index contributed by atoms with van der Waals surface area (Å²) in [6, 6.07) is 0. The van der Waals surface area contributed by atoms with Gasteiger partial charge in [-0.25, -0.2) is 0 Å². The molecule has 3 nitrogen and oxygen atoms in total. The van der Waals surface area contributed by atoms with Crippen molar-refractivity contribution in [2.24, 2.45) is 0 Å². The van der Waals surface area contributed by atoms with Crippen molar-refractivity contribution in [3.63, 3.8) is 0 Å². The first-order valence-electron chi connectivity index (χ1n) is 1.61. The van der Waals surface area contributed by atoms with E-state index in [4.69, 9.17) is 9.79 Å². The van der Waals surface area contributed by atoms with Gasteiger partial charge in [0.05, 0.1) is 0 Å². The predicted molar refractivity (Wildman–Crippen MR) is 22.7 cm³/mol. The third-order valence-corrected chi connectivity index (χ3v) is 1.24. The van der Waals surface area contributed by atoms with Crippen molar-refractivity contribution in [1.29, 1.82) is 0 Å². The minimum atomic E-state index is -3.65. The molecule has 0 saturated heterocycles. The summed E-state index contributed by atoms with van der Waals surface area (Å²) < 4.78 is 9.69. The molecule has 2 N–H and O–H groups in total. The van der Waals surface area contributed by atoms with Gasteiger partial charge in [0.25, 0.3) is 0 Å². The molecule has 0 aliphatic rings. The Balaban J connectivity index is 3.48. The summed E-state index contributed by atoms with van der Waals surface area (Å²) in [5, 5.41) is 0. The Labute approximate surface area is 45.1 Å². The van der Waals surface area contributed by atoms with E-state index in [0.717, 1.165) is 0 Å². The summed E-state index contributed by atoms with van der Waals surface area (Å²) in [5.41, 5.74) is 0. The number of rotatable bonds is 1. The van der Waals surface area contributed by atoms with Gasteiger partial charge in [-0.15, -0.1) is 0 Å². The summed E-state index contributed by atoms with van der Waals surface area (Å²) >= 11 is 1.45. The maximum atomic E-state index is 9.69. The van der Waals surface area contributed by atoms with Crippen LogP contribution in [0.5, 0.6) is 0 Å². The van der Waals surface area contributed by atoms with Gasteiger partial charge in [0.15, 0.2) is 0 Å². The van der Waals surface area contributed by atoms with Crippen LogP contribution in [0.25, 0.3) is 0 Å². The number of hydrogen-bond acceptors (Lipinski definition) is 1. The molecule has 0 rings (SSSR count). The normalized spacial score (nSPS) is 12.0. The van der Waals surface area contributed by atoms with Crippen molar-refractivity contribution in [2.75, 3.05) is 4.83 Å². The molecule has 0 radical (unpaired) electrons. The molecule has 32 valence electrons. The molecule has 0 atom stereocenters. The van der Waals surface area contributed by atoms with Crippen LogP contribution in [0.2, 0.25) is 0 Å². The van der Waals surface area contributed by atoms with E-state index in [9.17, 15) is 4.57 Å². The molecule has 0 aromatic rings. The van der Waals surface area contributed by atoms with Gasteiger partial charge in [0.1, 0.15) is 0 Å². The van der Waals surface area contributed by atoms with Crippen LogP contribution in [-0.4, -0.2) is 32.3 Å². The van der Waals surface area contributed by atoms with Crippen LogP contribution in [0, 0.1) is 0 Å². The van der Waals surface area contributed by atoms with E-state index in [1.165, 1.54) is 17.7 Å². The summed E-state index contributed by atoms with van der Waals surface area (Å²) in [5.74, 6) is 0. The second-order valence-electron chi connectivity index (χ2n) is 0.981. The van der Waals surface area contributed by atoms with E-state index >= 15 is 0 Å². The zero-order chi connectivity index (χ0) is 5.21. The molecule has 6 heavy (non-hydrogen) atoms. The molecule has 0 amide bonds. The quantitative estimate of drug-likeness (QED) is 0.339. The van der Waals surface area contributed by atoms with Crippen LogP contribution >= 0.6 is 7.60 Å². The van der Waals surface area contributed by atoms with Crippen LogP contribution in [-0.2, 0) is 4.57 Å². The minimum absolute atomic E-state index is 0.0625. The molecule has 0 spiro atoms. The van der Waals surface area contributed by atoms with E-state index in [-0.39, 0.29) is 4.83 Å². The molecule has 0 unspecified atom stereocenters. The molecule has 0 aromatic carbocycles. The first kappa shape index (κ1) is 6.75. The molecule has 0 saturated carbocycles. The van der Waals surface area contributed by atoms with Gasteiger partial charge in [-0.3, -0.25) is 0 Å². The van der Waals surface area contributed by atoms with Gasteiger partial charge >= 0.3 is 44.5 Å². The Morgan fingerprint density at radius 2 is 1.83 bits per heavy atom. The Hall–Kier alpha value is 0.747. The average molecular weight is 102 g/mol. The SMILES string of the molecule is [Li][CH2]P(=O)(O)O. The molecule has 0 bridgehead atoms. The van der Waals surface area contributed by atoms with E-state index in [2.05, 4.69) is 0 Å². The van der Waals surface area contributed by atoms with E-state index in [0.29, 0.717) is 0 Å². The molecule has 5 heteroatoms. The fourth-order valence-electron chi connectivity index (χ4n) is 0. The van der Waals surface area contributed by atoms with Gasteiger partial charge < -0.3 is 0 Å². The van der Waals surface area contributed by atoms with Crippen LogP contribution in [0.4, 0.5) is 0 Å². The molecular formula is CH4LiO3P. The van der Waals surface area contributed by atoms with Crippen LogP contribution < -0.4 is 0 Å². The van der Waals surface area contributed by atoms with Crippen molar-refractivity contribution in [2.45, 2.75) is 0 Å². The van der Waals surface area contributed by atoms with Crippen molar-refractivity contribution >= 4 is 25.3 Å². The average Bonchev–Trinajstić information content (AvgIpc) is 1.35. The van der Waals surface area contributed by atoms with Crippen molar-refractivity contribution in [3.8, 4) is 0 Å². The number of hydrogen-bond donors (Lipinski definition) is 2. The van der Waals surface area contributed by atoms with Crippen molar-refractivity contribution < 1.29 is 14.4 Å². The Kier molecular flexibility index (Phi) is 2.43. The topological polar surface area (TPSA) is 57.5 Å². The first-order chi connectivity index (χ1) is 2.56. The zero-order valence-electron chi connectivity index (χ0n) is 3.46. The van der Waals surface area contributed by atoms with Crippen molar-refractivity contribution in [3.05, 3.63) is 0 Å². The van der Waals surface area contributed by atoms with Gasteiger partial charge in [-0.05, 0) is 0 Å². The summed E-state index contributed by atoms with van der Waals surface area (Å²) in [7, 11) is -3.65. The van der Waals surface area contributed by atoms with E-state index in [1.54, 1.807) is 0 Å². The molecule has 0 aliphatic carbocycles. The third-order valence-electron chi connectivity index (χ3n) is 0.412. The first-order valence-corrected chi connectivity index (χ1v) is 3.40. The third kappa shape index (κ3) is 4.75. The Morgan fingerprint density at radius 1 is 1.67 bits per heavy atom. The van der Waals surface area contributed by atoms with Crippen LogP contribution in [0.1, 0.15) is 0 Å². The van der Waals surface area contributed by atoms with Gasteiger partial charge in [0.2, 0.25) is 0 Å². The fraction of sp³-hybridized carbons (Fsp3) is 1.00. The molecular weight excluding hydrogens is 97.9 g/mol. The second kappa shape index (κ2) is 2.16. The predicted octanol–water partition coefficient (Wildman–Crippen LogP) is -0.710. The summed E-state index contributed by atoms with van der Waals surface area (Å²) in [6.07, 6.45) is 0. The Bertz CT molecular complexity index is 74.9. The molecule has 0 aliphatic heterocycles. The van der Waals surface area contributed by atoms with Crippen molar-refractivity contribution in [1.82, 2.24) is 0 Å². The zero-order valence-corrected chi connectivity index (χ0v) is 4.35. The maximum absolute atomic E-state index is 9.69. The standard InChI is InChI=1S/CH4O3P.Li/c1-5(2,3)4;/h1H2,(H2,2,3,4);. The fourth-order valence-corrected chi connectivity index (χ4v) is 0. The van der Waals surface area contributed by atoms with Gasteiger partial charge in [-0.1, -0.05) is 0 Å². The molecule has 0 heterocycles. The molecule has 0 fully saturated rings. The molecule has 0 aromatic heterocycles. The van der Waals surface area contributed by atoms with Gasteiger partial charge in [-0.2, -0.15) is 0 Å². The van der Waals surface area contributed by atoms with Gasteiger partial charge in [0, 0.05) is 0 Å². The van der Waals surface area contributed by atoms with Crippen LogP contribution in [0.15, 0.2) is 0 Å².